The van der Waals surface area contributed by atoms with Crippen molar-refractivity contribution in [2.45, 2.75) is 58.3 Å². The Morgan fingerprint density at radius 1 is 1.25 bits per heavy atom. The highest BCUT2D eigenvalue weighted by Gasteiger charge is 2.34. The summed E-state index contributed by atoms with van der Waals surface area (Å²) in [6, 6.07) is 9.33. The van der Waals surface area contributed by atoms with Crippen molar-refractivity contribution < 1.29 is 19.1 Å². The van der Waals surface area contributed by atoms with E-state index in [1.165, 1.54) is 13.3 Å². The second kappa shape index (κ2) is 9.42. The standard InChI is InChI=1S/C19H27NO4/c1-3-23-19(22)18(24-13-16-8-5-4-6-9-16)17(20-14(2)21)12-15-10-7-11-15/h4-6,8-9,15,17-18H,3,7,10-13H2,1-2H3,(H,20,21). The van der Waals surface area contributed by atoms with Gasteiger partial charge in [0.05, 0.1) is 19.3 Å². The van der Waals surface area contributed by atoms with Crippen molar-refractivity contribution in [3.63, 3.8) is 0 Å². The largest absolute Gasteiger partial charge is 0.464 e. The molecule has 2 unspecified atom stereocenters. The highest BCUT2D eigenvalue weighted by atomic mass is 16.6. The number of ether oxygens (including phenoxy) is 2. The second-order valence-electron chi connectivity index (χ2n) is 6.31. The summed E-state index contributed by atoms with van der Waals surface area (Å²) < 4.78 is 11.1. The van der Waals surface area contributed by atoms with Crippen LogP contribution < -0.4 is 5.32 Å². The van der Waals surface area contributed by atoms with Crippen molar-refractivity contribution in [2.24, 2.45) is 5.92 Å². The molecule has 1 aliphatic rings. The van der Waals surface area contributed by atoms with Crippen LogP contribution in [0.5, 0.6) is 0 Å². The highest BCUT2D eigenvalue weighted by Crippen LogP contribution is 2.31. The Kier molecular flexibility index (Phi) is 7.25. The Balaban J connectivity index is 2.07. The van der Waals surface area contributed by atoms with Crippen LogP contribution >= 0.6 is 0 Å². The van der Waals surface area contributed by atoms with Gasteiger partial charge in [-0.3, -0.25) is 4.79 Å². The van der Waals surface area contributed by atoms with E-state index >= 15 is 0 Å². The summed E-state index contributed by atoms with van der Waals surface area (Å²) >= 11 is 0. The molecule has 1 aliphatic carbocycles. The quantitative estimate of drug-likeness (QED) is 0.706. The van der Waals surface area contributed by atoms with Crippen molar-refractivity contribution in [2.75, 3.05) is 6.61 Å². The molecule has 0 bridgehead atoms. The third kappa shape index (κ3) is 5.64. The van der Waals surface area contributed by atoms with Crippen molar-refractivity contribution in [1.29, 1.82) is 0 Å². The van der Waals surface area contributed by atoms with Gasteiger partial charge in [-0.15, -0.1) is 0 Å². The smallest absolute Gasteiger partial charge is 0.337 e. The van der Waals surface area contributed by atoms with Gasteiger partial charge in [0.25, 0.3) is 0 Å². The average Bonchev–Trinajstić information content (AvgIpc) is 2.51. The minimum Gasteiger partial charge on any atom is -0.464 e. The molecule has 0 radical (unpaired) electrons. The summed E-state index contributed by atoms with van der Waals surface area (Å²) in [6.45, 7) is 3.84. The molecule has 0 saturated heterocycles. The third-order valence-corrected chi connectivity index (χ3v) is 4.36. The SMILES string of the molecule is CCOC(=O)C(OCc1ccccc1)C(CC1CCC1)NC(C)=O. The van der Waals surface area contributed by atoms with Gasteiger partial charge in [-0.25, -0.2) is 4.79 Å². The number of hydrogen-bond acceptors (Lipinski definition) is 4. The van der Waals surface area contributed by atoms with Gasteiger partial charge in [0.1, 0.15) is 0 Å². The van der Waals surface area contributed by atoms with Crippen LogP contribution in [0.4, 0.5) is 0 Å². The number of amides is 1. The maximum atomic E-state index is 12.4. The molecule has 5 nitrogen and oxygen atoms in total. The molecule has 0 heterocycles. The van der Waals surface area contributed by atoms with Gasteiger partial charge in [0.2, 0.25) is 5.91 Å². The minimum absolute atomic E-state index is 0.156. The number of carbonyl (C=O) groups excluding carboxylic acids is 2. The Labute approximate surface area is 143 Å². The highest BCUT2D eigenvalue weighted by molar-refractivity contribution is 5.78. The fourth-order valence-corrected chi connectivity index (χ4v) is 2.94. The summed E-state index contributed by atoms with van der Waals surface area (Å²) in [7, 11) is 0. The summed E-state index contributed by atoms with van der Waals surface area (Å²) in [4.78, 5) is 24.0. The van der Waals surface area contributed by atoms with Gasteiger partial charge in [0.15, 0.2) is 6.10 Å². The Morgan fingerprint density at radius 3 is 2.50 bits per heavy atom. The molecule has 1 N–H and O–H groups in total. The maximum absolute atomic E-state index is 12.4. The molecule has 0 aromatic heterocycles. The maximum Gasteiger partial charge on any atom is 0.337 e. The predicted octanol–water partition coefficient (Wildman–Crippen LogP) is 2.83. The van der Waals surface area contributed by atoms with Crippen molar-refractivity contribution in [3.8, 4) is 0 Å². The topological polar surface area (TPSA) is 64.6 Å². The molecule has 1 amide bonds. The summed E-state index contributed by atoms with van der Waals surface area (Å²) in [6.07, 6.45) is 3.47. The van der Waals surface area contributed by atoms with Crippen LogP contribution in [0, 0.1) is 5.92 Å². The molecule has 5 heteroatoms. The van der Waals surface area contributed by atoms with Crippen LogP contribution in [0.15, 0.2) is 30.3 Å². The van der Waals surface area contributed by atoms with Crippen LogP contribution in [0.25, 0.3) is 0 Å². The Morgan fingerprint density at radius 2 is 1.96 bits per heavy atom. The first-order chi connectivity index (χ1) is 11.6. The van der Waals surface area contributed by atoms with Gasteiger partial charge in [0, 0.05) is 6.92 Å². The fraction of sp³-hybridized carbons (Fsp3) is 0.579. The average molecular weight is 333 g/mol. The molecule has 2 rings (SSSR count). The summed E-state index contributed by atoms with van der Waals surface area (Å²) in [5, 5.41) is 2.89. The van der Waals surface area contributed by atoms with Crippen molar-refractivity contribution in [1.82, 2.24) is 5.32 Å². The van der Waals surface area contributed by atoms with E-state index < -0.39 is 12.1 Å². The molecule has 2 atom stereocenters. The molecule has 0 spiro atoms. The van der Waals surface area contributed by atoms with Crippen molar-refractivity contribution in [3.05, 3.63) is 35.9 Å². The lowest BCUT2D eigenvalue weighted by molar-refractivity contribution is -0.160. The van der Waals surface area contributed by atoms with Crippen molar-refractivity contribution >= 4 is 11.9 Å². The number of esters is 1. The number of nitrogens with one attached hydrogen (secondary N) is 1. The third-order valence-electron chi connectivity index (χ3n) is 4.36. The Bertz CT molecular complexity index is 527. The zero-order valence-electron chi connectivity index (χ0n) is 14.5. The lowest BCUT2D eigenvalue weighted by atomic mass is 9.80. The monoisotopic (exact) mass is 333 g/mol. The van der Waals surface area contributed by atoms with Crippen LogP contribution in [-0.4, -0.2) is 30.6 Å². The number of benzene rings is 1. The van der Waals surface area contributed by atoms with Crippen LogP contribution in [-0.2, 0) is 25.7 Å². The molecule has 24 heavy (non-hydrogen) atoms. The first-order valence-electron chi connectivity index (χ1n) is 8.69. The molecule has 132 valence electrons. The molecule has 1 saturated carbocycles. The molecule has 1 aromatic rings. The van der Waals surface area contributed by atoms with Crippen LogP contribution in [0.2, 0.25) is 0 Å². The molecular weight excluding hydrogens is 306 g/mol. The van der Waals surface area contributed by atoms with E-state index in [0.29, 0.717) is 19.1 Å². The van der Waals surface area contributed by atoms with E-state index in [-0.39, 0.29) is 11.9 Å². The fourth-order valence-electron chi connectivity index (χ4n) is 2.94. The van der Waals surface area contributed by atoms with E-state index in [0.717, 1.165) is 24.8 Å². The summed E-state index contributed by atoms with van der Waals surface area (Å²) in [5.41, 5.74) is 0.983. The van der Waals surface area contributed by atoms with Crippen LogP contribution in [0.1, 0.15) is 45.1 Å². The van der Waals surface area contributed by atoms with Gasteiger partial charge in [-0.1, -0.05) is 49.6 Å². The van der Waals surface area contributed by atoms with E-state index in [4.69, 9.17) is 9.47 Å². The normalized spacial score (nSPS) is 16.8. The van der Waals surface area contributed by atoms with E-state index in [1.54, 1.807) is 6.92 Å². The van der Waals surface area contributed by atoms with E-state index in [1.807, 2.05) is 30.3 Å². The minimum atomic E-state index is -0.783. The van der Waals surface area contributed by atoms with Gasteiger partial charge in [-0.2, -0.15) is 0 Å². The molecule has 1 fully saturated rings. The zero-order valence-corrected chi connectivity index (χ0v) is 14.5. The number of carbonyl (C=O) groups is 2. The predicted molar refractivity (Wildman–Crippen MR) is 91.2 cm³/mol. The van der Waals surface area contributed by atoms with Crippen LogP contribution in [0.3, 0.4) is 0 Å². The van der Waals surface area contributed by atoms with Gasteiger partial charge < -0.3 is 14.8 Å². The van der Waals surface area contributed by atoms with E-state index in [9.17, 15) is 9.59 Å². The summed E-state index contributed by atoms with van der Waals surface area (Å²) in [5.74, 6) is -0.0254. The Hall–Kier alpha value is -1.88. The van der Waals surface area contributed by atoms with Gasteiger partial charge in [-0.05, 0) is 24.8 Å². The number of rotatable bonds is 9. The molecular formula is C19H27NO4. The first-order valence-corrected chi connectivity index (χ1v) is 8.69. The zero-order chi connectivity index (χ0) is 17.4. The molecule has 0 aliphatic heterocycles. The second-order valence-corrected chi connectivity index (χ2v) is 6.31. The first kappa shape index (κ1) is 18.5. The number of hydrogen-bond donors (Lipinski definition) is 1. The lowest BCUT2D eigenvalue weighted by Crippen LogP contribution is -2.49. The molecule has 1 aromatic carbocycles. The van der Waals surface area contributed by atoms with Gasteiger partial charge >= 0.3 is 5.97 Å². The lowest BCUT2D eigenvalue weighted by Gasteiger charge is -2.33. The van der Waals surface area contributed by atoms with E-state index in [2.05, 4.69) is 5.32 Å².